The third-order valence-electron chi connectivity index (χ3n) is 4.01. The molecule has 2 heterocycles. The van der Waals surface area contributed by atoms with Crippen molar-refractivity contribution in [2.24, 2.45) is 5.92 Å². The Morgan fingerprint density at radius 2 is 2.26 bits per heavy atom. The van der Waals surface area contributed by atoms with Crippen LogP contribution in [0.15, 0.2) is 10.5 Å². The van der Waals surface area contributed by atoms with E-state index in [0.717, 1.165) is 24.5 Å². The lowest BCUT2D eigenvalue weighted by molar-refractivity contribution is 0.0661. The summed E-state index contributed by atoms with van der Waals surface area (Å²) in [7, 11) is 0. The summed E-state index contributed by atoms with van der Waals surface area (Å²) in [6, 6.07) is 1.99. The van der Waals surface area contributed by atoms with Gasteiger partial charge in [-0.05, 0) is 38.2 Å². The molecule has 0 aromatic carbocycles. The van der Waals surface area contributed by atoms with Crippen LogP contribution in [0.5, 0.6) is 0 Å². The minimum atomic E-state index is -1.02. The minimum absolute atomic E-state index is 0.00992. The van der Waals surface area contributed by atoms with Crippen LogP contribution in [0.1, 0.15) is 41.1 Å². The van der Waals surface area contributed by atoms with Crippen molar-refractivity contribution in [3.63, 3.8) is 0 Å². The molecule has 1 aromatic rings. The molecule has 2 aliphatic rings. The van der Waals surface area contributed by atoms with Crippen molar-refractivity contribution >= 4 is 5.97 Å². The van der Waals surface area contributed by atoms with Crippen molar-refractivity contribution in [3.05, 3.63) is 23.2 Å². The van der Waals surface area contributed by atoms with Crippen LogP contribution in [-0.2, 0) is 11.3 Å². The molecule has 1 saturated carbocycles. The van der Waals surface area contributed by atoms with E-state index in [-0.39, 0.29) is 5.76 Å². The molecule has 0 spiro atoms. The van der Waals surface area contributed by atoms with Gasteiger partial charge in [0.2, 0.25) is 5.76 Å². The molecule has 1 saturated heterocycles. The standard InChI is InChI=1S/C14H19NO4/c1-8-10(6-12(19-8)14(16)17)7-15-11-4-5-18-13(11)9-2-3-9/h6,9,11,13,15H,2-5,7H2,1H3,(H,16,17). The zero-order valence-electron chi connectivity index (χ0n) is 11.0. The average molecular weight is 265 g/mol. The van der Waals surface area contributed by atoms with Crippen LogP contribution in [0, 0.1) is 12.8 Å². The molecule has 1 aromatic heterocycles. The second-order valence-corrected chi connectivity index (χ2v) is 5.45. The first-order valence-corrected chi connectivity index (χ1v) is 6.82. The predicted molar refractivity (Wildman–Crippen MR) is 68.1 cm³/mol. The summed E-state index contributed by atoms with van der Waals surface area (Å²) < 4.78 is 11.0. The lowest BCUT2D eigenvalue weighted by Crippen LogP contribution is -2.37. The Kier molecular flexibility index (Phi) is 3.33. The maximum absolute atomic E-state index is 10.8. The van der Waals surface area contributed by atoms with E-state index in [1.807, 2.05) is 0 Å². The molecule has 2 atom stereocenters. The molecule has 5 nitrogen and oxygen atoms in total. The molecular formula is C14H19NO4. The molecule has 1 aliphatic heterocycles. The number of furan rings is 1. The molecule has 0 amide bonds. The van der Waals surface area contributed by atoms with Gasteiger partial charge in [-0.25, -0.2) is 4.79 Å². The SMILES string of the molecule is Cc1oc(C(=O)O)cc1CNC1CCOC1C1CC1. The number of aryl methyl sites for hydroxylation is 1. The van der Waals surface area contributed by atoms with Gasteiger partial charge in [0.05, 0.1) is 6.10 Å². The van der Waals surface area contributed by atoms with E-state index in [4.69, 9.17) is 14.3 Å². The fourth-order valence-electron chi connectivity index (χ4n) is 2.76. The normalized spacial score (nSPS) is 26.8. The molecular weight excluding hydrogens is 246 g/mol. The Labute approximate surface area is 111 Å². The van der Waals surface area contributed by atoms with Crippen LogP contribution in [0.4, 0.5) is 0 Å². The molecule has 5 heteroatoms. The fourth-order valence-corrected chi connectivity index (χ4v) is 2.76. The van der Waals surface area contributed by atoms with Crippen LogP contribution < -0.4 is 5.32 Å². The van der Waals surface area contributed by atoms with Crippen molar-refractivity contribution in [2.75, 3.05) is 6.61 Å². The van der Waals surface area contributed by atoms with Crippen molar-refractivity contribution in [2.45, 2.75) is 44.9 Å². The van der Waals surface area contributed by atoms with Crippen LogP contribution in [0.2, 0.25) is 0 Å². The second-order valence-electron chi connectivity index (χ2n) is 5.45. The topological polar surface area (TPSA) is 71.7 Å². The van der Waals surface area contributed by atoms with Gasteiger partial charge < -0.3 is 19.6 Å². The van der Waals surface area contributed by atoms with E-state index >= 15 is 0 Å². The van der Waals surface area contributed by atoms with Crippen molar-refractivity contribution < 1.29 is 19.1 Å². The molecule has 104 valence electrons. The maximum atomic E-state index is 10.8. The molecule has 1 aliphatic carbocycles. The summed E-state index contributed by atoms with van der Waals surface area (Å²) in [4.78, 5) is 10.8. The highest BCUT2D eigenvalue weighted by molar-refractivity contribution is 5.84. The molecule has 2 N–H and O–H groups in total. The Balaban J connectivity index is 1.60. The van der Waals surface area contributed by atoms with Gasteiger partial charge in [0.1, 0.15) is 5.76 Å². The highest BCUT2D eigenvalue weighted by Crippen LogP contribution is 2.38. The molecule has 3 rings (SSSR count). The Bertz CT molecular complexity index is 478. The summed E-state index contributed by atoms with van der Waals surface area (Å²) in [5.41, 5.74) is 0.916. The Hall–Kier alpha value is -1.33. The smallest absolute Gasteiger partial charge is 0.371 e. The molecule has 2 unspecified atom stereocenters. The zero-order valence-corrected chi connectivity index (χ0v) is 11.0. The number of carbonyl (C=O) groups is 1. The fraction of sp³-hybridized carbons (Fsp3) is 0.643. The van der Waals surface area contributed by atoms with Crippen molar-refractivity contribution in [1.29, 1.82) is 0 Å². The van der Waals surface area contributed by atoms with Gasteiger partial charge in [-0.15, -0.1) is 0 Å². The van der Waals surface area contributed by atoms with Gasteiger partial charge in [0, 0.05) is 24.8 Å². The Morgan fingerprint density at radius 3 is 2.89 bits per heavy atom. The quantitative estimate of drug-likeness (QED) is 0.851. The number of rotatable bonds is 5. The first-order chi connectivity index (χ1) is 9.15. The number of carboxylic acids is 1. The van der Waals surface area contributed by atoms with Gasteiger partial charge >= 0.3 is 5.97 Å². The van der Waals surface area contributed by atoms with E-state index in [0.29, 0.717) is 24.5 Å². The lowest BCUT2D eigenvalue weighted by atomic mass is 10.1. The number of aromatic carboxylic acids is 1. The van der Waals surface area contributed by atoms with E-state index in [1.165, 1.54) is 12.8 Å². The van der Waals surface area contributed by atoms with E-state index < -0.39 is 5.97 Å². The van der Waals surface area contributed by atoms with E-state index in [1.54, 1.807) is 13.0 Å². The summed E-state index contributed by atoms with van der Waals surface area (Å²) in [5.74, 6) is 0.386. The van der Waals surface area contributed by atoms with Crippen LogP contribution in [0.3, 0.4) is 0 Å². The van der Waals surface area contributed by atoms with Gasteiger partial charge in [-0.2, -0.15) is 0 Å². The molecule has 2 fully saturated rings. The molecule has 0 radical (unpaired) electrons. The zero-order chi connectivity index (χ0) is 13.4. The van der Waals surface area contributed by atoms with Gasteiger partial charge in [0.15, 0.2) is 0 Å². The average Bonchev–Trinajstić information content (AvgIpc) is 2.99. The van der Waals surface area contributed by atoms with Gasteiger partial charge in [0.25, 0.3) is 0 Å². The van der Waals surface area contributed by atoms with Crippen molar-refractivity contribution in [1.82, 2.24) is 5.32 Å². The second kappa shape index (κ2) is 4.98. The first kappa shape index (κ1) is 12.7. The predicted octanol–water partition coefficient (Wildman–Crippen LogP) is 1.94. The van der Waals surface area contributed by atoms with Crippen LogP contribution in [0.25, 0.3) is 0 Å². The summed E-state index contributed by atoms with van der Waals surface area (Å²) in [6.45, 7) is 3.26. The van der Waals surface area contributed by atoms with Crippen LogP contribution >= 0.6 is 0 Å². The highest BCUT2D eigenvalue weighted by atomic mass is 16.5. The number of carboxylic acid groups (broad SMARTS) is 1. The summed E-state index contributed by atoms with van der Waals surface area (Å²) >= 11 is 0. The van der Waals surface area contributed by atoms with E-state index in [9.17, 15) is 4.79 Å². The van der Waals surface area contributed by atoms with Gasteiger partial charge in [-0.3, -0.25) is 0 Å². The number of hydrogen-bond acceptors (Lipinski definition) is 4. The highest BCUT2D eigenvalue weighted by Gasteiger charge is 2.40. The first-order valence-electron chi connectivity index (χ1n) is 6.82. The lowest BCUT2D eigenvalue weighted by Gasteiger charge is -2.19. The van der Waals surface area contributed by atoms with E-state index in [2.05, 4.69) is 5.32 Å². The summed E-state index contributed by atoms with van der Waals surface area (Å²) in [6.07, 6.45) is 3.92. The third kappa shape index (κ3) is 2.67. The maximum Gasteiger partial charge on any atom is 0.371 e. The van der Waals surface area contributed by atoms with Crippen molar-refractivity contribution in [3.8, 4) is 0 Å². The summed E-state index contributed by atoms with van der Waals surface area (Å²) in [5, 5.41) is 12.4. The number of ether oxygens (including phenoxy) is 1. The third-order valence-corrected chi connectivity index (χ3v) is 4.01. The Morgan fingerprint density at radius 1 is 1.47 bits per heavy atom. The number of nitrogens with one attached hydrogen (secondary N) is 1. The largest absolute Gasteiger partial charge is 0.475 e. The number of hydrogen-bond donors (Lipinski definition) is 2. The van der Waals surface area contributed by atoms with Gasteiger partial charge in [-0.1, -0.05) is 0 Å². The molecule has 0 bridgehead atoms. The monoisotopic (exact) mass is 265 g/mol. The van der Waals surface area contributed by atoms with Crippen LogP contribution in [-0.4, -0.2) is 29.8 Å². The molecule has 19 heavy (non-hydrogen) atoms. The minimum Gasteiger partial charge on any atom is -0.475 e.